The fourth-order valence-electron chi connectivity index (χ4n) is 2.13. The standard InChI is InChI=1S/C15H27NO6Si/c1-7-21-14(20)16-10(8-11(12(16)17)13(18)19)9-22-23(5,6)15(2,3)4/h10-11H,7-9H2,1-6H3,(H,18,19)/t10-,11?/m0/s1. The molecule has 1 heterocycles. The van der Waals surface area contributed by atoms with Gasteiger partial charge >= 0.3 is 12.1 Å². The predicted molar refractivity (Wildman–Crippen MR) is 86.5 cm³/mol. The summed E-state index contributed by atoms with van der Waals surface area (Å²) in [5.41, 5.74) is 0. The van der Waals surface area contributed by atoms with E-state index in [1.54, 1.807) is 6.92 Å². The Morgan fingerprint density at radius 1 is 1.35 bits per heavy atom. The van der Waals surface area contributed by atoms with Crippen molar-refractivity contribution in [3.63, 3.8) is 0 Å². The van der Waals surface area contributed by atoms with Gasteiger partial charge in [0.25, 0.3) is 0 Å². The third-order valence-corrected chi connectivity index (χ3v) is 9.11. The molecule has 2 atom stereocenters. The van der Waals surface area contributed by atoms with Gasteiger partial charge in [0.1, 0.15) is 5.92 Å². The summed E-state index contributed by atoms with van der Waals surface area (Å²) in [6.07, 6.45) is -0.744. The maximum atomic E-state index is 12.2. The number of hydrogen-bond acceptors (Lipinski definition) is 5. The van der Waals surface area contributed by atoms with Crippen molar-refractivity contribution < 1.29 is 28.7 Å². The van der Waals surface area contributed by atoms with Gasteiger partial charge in [-0.2, -0.15) is 0 Å². The van der Waals surface area contributed by atoms with Crippen LogP contribution in [0.15, 0.2) is 0 Å². The van der Waals surface area contributed by atoms with Crippen LogP contribution in [0, 0.1) is 5.92 Å². The van der Waals surface area contributed by atoms with Crippen molar-refractivity contribution >= 4 is 26.3 Å². The molecule has 1 saturated heterocycles. The Morgan fingerprint density at radius 2 is 1.91 bits per heavy atom. The molecule has 1 rings (SSSR count). The smallest absolute Gasteiger partial charge is 0.416 e. The number of aliphatic carboxylic acids is 1. The Labute approximate surface area is 138 Å². The third kappa shape index (κ3) is 4.32. The summed E-state index contributed by atoms with van der Waals surface area (Å²) in [5, 5.41) is 9.14. The van der Waals surface area contributed by atoms with Crippen LogP contribution in [-0.4, -0.2) is 55.5 Å². The Morgan fingerprint density at radius 3 is 2.35 bits per heavy atom. The highest BCUT2D eigenvalue weighted by Gasteiger charge is 2.48. The summed E-state index contributed by atoms with van der Waals surface area (Å²) in [4.78, 5) is 36.3. The third-order valence-electron chi connectivity index (χ3n) is 4.61. The number of nitrogens with zero attached hydrogens (tertiary/aromatic N) is 1. The second-order valence-electron chi connectivity index (χ2n) is 7.26. The SMILES string of the molecule is CCOC(=O)N1C(=O)C(C(=O)O)C[C@H]1CO[Si](C)(C)C(C)(C)C. The Balaban J connectivity index is 2.91. The molecule has 23 heavy (non-hydrogen) atoms. The molecule has 0 radical (unpaired) electrons. The lowest BCUT2D eigenvalue weighted by molar-refractivity contribution is -0.147. The van der Waals surface area contributed by atoms with E-state index in [1.807, 2.05) is 0 Å². The fraction of sp³-hybridized carbons (Fsp3) is 0.800. The van der Waals surface area contributed by atoms with Crippen molar-refractivity contribution in [1.82, 2.24) is 4.90 Å². The molecule has 0 aromatic heterocycles. The van der Waals surface area contributed by atoms with Crippen LogP contribution in [0.4, 0.5) is 4.79 Å². The van der Waals surface area contributed by atoms with Crippen LogP contribution in [0.5, 0.6) is 0 Å². The number of carboxylic acids is 1. The summed E-state index contributed by atoms with van der Waals surface area (Å²) in [7, 11) is -2.06. The van der Waals surface area contributed by atoms with E-state index in [1.165, 1.54) is 0 Å². The summed E-state index contributed by atoms with van der Waals surface area (Å²) >= 11 is 0. The monoisotopic (exact) mass is 345 g/mol. The van der Waals surface area contributed by atoms with Gasteiger partial charge in [0.15, 0.2) is 8.32 Å². The maximum absolute atomic E-state index is 12.2. The largest absolute Gasteiger partial charge is 0.481 e. The molecule has 1 fully saturated rings. The number of likely N-dealkylation sites (tertiary alicyclic amines) is 1. The van der Waals surface area contributed by atoms with Crippen LogP contribution < -0.4 is 0 Å². The minimum atomic E-state index is -2.06. The number of ether oxygens (including phenoxy) is 1. The van der Waals surface area contributed by atoms with Crippen LogP contribution in [-0.2, 0) is 18.8 Å². The number of carbonyl (C=O) groups is 3. The highest BCUT2D eigenvalue weighted by molar-refractivity contribution is 6.74. The van der Waals surface area contributed by atoms with Gasteiger partial charge in [-0.3, -0.25) is 9.59 Å². The molecule has 132 valence electrons. The van der Waals surface area contributed by atoms with Gasteiger partial charge in [0.2, 0.25) is 5.91 Å². The Hall–Kier alpha value is -1.41. The van der Waals surface area contributed by atoms with Crippen LogP contribution in [0.2, 0.25) is 18.1 Å². The minimum absolute atomic E-state index is 0.0173. The number of rotatable bonds is 5. The molecule has 0 bridgehead atoms. The van der Waals surface area contributed by atoms with Gasteiger partial charge < -0.3 is 14.3 Å². The van der Waals surface area contributed by atoms with E-state index in [4.69, 9.17) is 14.3 Å². The average molecular weight is 345 g/mol. The van der Waals surface area contributed by atoms with Crippen molar-refractivity contribution in [2.45, 2.75) is 58.3 Å². The molecule has 0 spiro atoms. The molecule has 1 N–H and O–H groups in total. The van der Waals surface area contributed by atoms with Gasteiger partial charge in [0, 0.05) is 0 Å². The molecule has 0 aromatic rings. The molecule has 0 aromatic carbocycles. The van der Waals surface area contributed by atoms with E-state index in [-0.39, 0.29) is 24.7 Å². The fourth-order valence-corrected chi connectivity index (χ4v) is 3.17. The first kappa shape index (κ1) is 19.6. The predicted octanol–water partition coefficient (Wildman–Crippen LogP) is 2.47. The molecular weight excluding hydrogens is 318 g/mol. The molecule has 1 aliphatic rings. The van der Waals surface area contributed by atoms with Gasteiger partial charge in [-0.25, -0.2) is 9.69 Å². The minimum Gasteiger partial charge on any atom is -0.481 e. The van der Waals surface area contributed by atoms with Crippen molar-refractivity contribution in [3.05, 3.63) is 0 Å². The number of hydrogen-bond donors (Lipinski definition) is 1. The second-order valence-corrected chi connectivity index (χ2v) is 12.1. The molecule has 2 amide bonds. The van der Waals surface area contributed by atoms with Crippen molar-refractivity contribution in [2.24, 2.45) is 5.92 Å². The van der Waals surface area contributed by atoms with E-state index >= 15 is 0 Å². The van der Waals surface area contributed by atoms with E-state index in [0.717, 1.165) is 4.90 Å². The van der Waals surface area contributed by atoms with E-state index in [2.05, 4.69) is 33.9 Å². The van der Waals surface area contributed by atoms with Crippen LogP contribution in [0.25, 0.3) is 0 Å². The van der Waals surface area contributed by atoms with Gasteiger partial charge in [-0.1, -0.05) is 20.8 Å². The van der Waals surface area contributed by atoms with E-state index in [9.17, 15) is 14.4 Å². The highest BCUT2D eigenvalue weighted by atomic mass is 28.4. The molecular formula is C15H27NO6Si. The van der Waals surface area contributed by atoms with E-state index < -0.39 is 38.2 Å². The normalized spacial score (nSPS) is 22.3. The zero-order chi connectivity index (χ0) is 18.0. The lowest BCUT2D eigenvalue weighted by Gasteiger charge is -2.37. The van der Waals surface area contributed by atoms with Crippen molar-refractivity contribution in [1.29, 1.82) is 0 Å². The van der Waals surface area contributed by atoms with Crippen LogP contribution in [0.1, 0.15) is 34.1 Å². The van der Waals surface area contributed by atoms with Gasteiger partial charge in [-0.15, -0.1) is 0 Å². The average Bonchev–Trinajstić information content (AvgIpc) is 2.72. The summed E-state index contributed by atoms with van der Waals surface area (Å²) in [6.45, 7) is 12.3. The van der Waals surface area contributed by atoms with E-state index in [0.29, 0.717) is 0 Å². The van der Waals surface area contributed by atoms with Gasteiger partial charge in [0.05, 0.1) is 19.3 Å². The number of carboxylic acid groups (broad SMARTS) is 1. The number of carbonyl (C=O) groups excluding carboxylic acids is 2. The topological polar surface area (TPSA) is 93.1 Å². The van der Waals surface area contributed by atoms with Crippen molar-refractivity contribution in [2.75, 3.05) is 13.2 Å². The molecule has 1 aliphatic heterocycles. The van der Waals surface area contributed by atoms with Crippen LogP contribution >= 0.6 is 0 Å². The zero-order valence-electron chi connectivity index (χ0n) is 14.7. The summed E-state index contributed by atoms with van der Waals surface area (Å²) in [5.74, 6) is -3.16. The van der Waals surface area contributed by atoms with Gasteiger partial charge in [-0.05, 0) is 31.5 Å². The first-order chi connectivity index (χ1) is 10.4. The molecule has 7 nitrogen and oxygen atoms in total. The summed E-state index contributed by atoms with van der Waals surface area (Å²) < 4.78 is 10.9. The van der Waals surface area contributed by atoms with Crippen molar-refractivity contribution in [3.8, 4) is 0 Å². The first-order valence-electron chi connectivity index (χ1n) is 7.79. The number of imide groups is 1. The Bertz CT molecular complexity index is 485. The Kier molecular flexibility index (Phi) is 5.98. The molecule has 0 aliphatic carbocycles. The zero-order valence-corrected chi connectivity index (χ0v) is 15.7. The quantitative estimate of drug-likeness (QED) is 0.608. The number of amides is 2. The molecule has 1 unspecified atom stereocenters. The second kappa shape index (κ2) is 7.00. The highest BCUT2D eigenvalue weighted by Crippen LogP contribution is 2.37. The first-order valence-corrected chi connectivity index (χ1v) is 10.7. The lowest BCUT2D eigenvalue weighted by atomic mass is 10.1. The maximum Gasteiger partial charge on any atom is 0.416 e. The molecule has 8 heteroatoms. The van der Waals surface area contributed by atoms with Crippen LogP contribution in [0.3, 0.4) is 0 Å². The summed E-state index contributed by atoms with van der Waals surface area (Å²) in [6, 6.07) is -0.600. The molecule has 0 saturated carbocycles. The lowest BCUT2D eigenvalue weighted by Crippen LogP contribution is -2.47.